The van der Waals surface area contributed by atoms with Crippen molar-refractivity contribution >= 4 is 18.7 Å². The fraction of sp³-hybridized carbons (Fsp3) is 0.381. The number of methoxy groups -OCH3 is 3. The lowest BCUT2D eigenvalue weighted by Crippen LogP contribution is -2.43. The van der Waals surface area contributed by atoms with Gasteiger partial charge in [0.2, 0.25) is 0 Å². The summed E-state index contributed by atoms with van der Waals surface area (Å²) in [6.07, 6.45) is 1.01. The van der Waals surface area contributed by atoms with Crippen LogP contribution in [0.1, 0.15) is 22.7 Å². The number of hydrogen-bond acceptors (Lipinski definition) is 6. The molecule has 0 saturated carbocycles. The van der Waals surface area contributed by atoms with E-state index >= 15 is 0 Å². The van der Waals surface area contributed by atoms with Crippen LogP contribution in [0.5, 0.6) is 17.2 Å². The number of hydrogen-bond donors (Lipinski definition) is 1. The molecule has 2 aromatic rings. The van der Waals surface area contributed by atoms with E-state index in [1.165, 1.54) is 0 Å². The van der Waals surface area contributed by atoms with Crippen molar-refractivity contribution in [3.05, 3.63) is 47.0 Å². The van der Waals surface area contributed by atoms with E-state index in [1.807, 2.05) is 35.2 Å². The van der Waals surface area contributed by atoms with Crippen LogP contribution in [0.3, 0.4) is 0 Å². The van der Waals surface area contributed by atoms with E-state index in [-0.39, 0.29) is 18.2 Å². The lowest BCUT2D eigenvalue weighted by Gasteiger charge is -2.38. The third-order valence-electron chi connectivity index (χ3n) is 5.51. The number of carbonyl (C=O) groups excluding carboxylic acids is 1. The molecule has 2 aliphatic rings. The maximum Gasteiger partial charge on any atom is 0.410 e. The topological polar surface area (TPSA) is 57.2 Å². The first-order chi connectivity index (χ1) is 13.6. The number of amides is 1. The summed E-state index contributed by atoms with van der Waals surface area (Å²) in [6.45, 7) is 0.379. The van der Waals surface area contributed by atoms with Gasteiger partial charge in [-0.1, -0.05) is 12.1 Å². The Labute approximate surface area is 169 Å². The predicted octanol–water partition coefficient (Wildman–Crippen LogP) is 3.66. The summed E-state index contributed by atoms with van der Waals surface area (Å²) in [6, 6.07) is 9.49. The van der Waals surface area contributed by atoms with Gasteiger partial charge < -0.3 is 18.9 Å². The first kappa shape index (κ1) is 18.8. The van der Waals surface area contributed by atoms with E-state index in [4.69, 9.17) is 31.6 Å². The summed E-state index contributed by atoms with van der Waals surface area (Å²) in [5, 5.41) is 0. The number of nitrogens with zero attached hydrogens (tertiary/aromatic N) is 1. The highest BCUT2D eigenvalue weighted by Gasteiger charge is 2.45. The van der Waals surface area contributed by atoms with Crippen molar-refractivity contribution in [2.24, 2.45) is 0 Å². The van der Waals surface area contributed by atoms with Gasteiger partial charge in [0.1, 0.15) is 23.9 Å². The second kappa shape index (κ2) is 7.47. The molecule has 0 radical (unpaired) electrons. The van der Waals surface area contributed by atoms with E-state index in [2.05, 4.69) is 0 Å². The van der Waals surface area contributed by atoms with Crippen molar-refractivity contribution in [1.29, 1.82) is 0 Å². The van der Waals surface area contributed by atoms with E-state index in [0.29, 0.717) is 30.9 Å². The van der Waals surface area contributed by atoms with Gasteiger partial charge in [-0.2, -0.15) is 0 Å². The number of benzene rings is 2. The molecule has 1 amide bonds. The molecule has 0 spiro atoms. The van der Waals surface area contributed by atoms with Crippen molar-refractivity contribution in [2.45, 2.75) is 29.8 Å². The van der Waals surface area contributed by atoms with E-state index in [0.717, 1.165) is 27.3 Å². The highest BCUT2D eigenvalue weighted by molar-refractivity contribution is 7.80. The fourth-order valence-corrected chi connectivity index (χ4v) is 4.52. The van der Waals surface area contributed by atoms with Gasteiger partial charge in [-0.3, -0.25) is 4.90 Å². The molecule has 0 unspecified atom stereocenters. The van der Waals surface area contributed by atoms with Crippen LogP contribution in [0, 0.1) is 0 Å². The van der Waals surface area contributed by atoms with Crippen molar-refractivity contribution in [1.82, 2.24) is 4.90 Å². The fourth-order valence-electron chi connectivity index (χ4n) is 4.16. The number of ether oxygens (including phenoxy) is 4. The van der Waals surface area contributed by atoms with Crippen molar-refractivity contribution in [2.75, 3.05) is 27.9 Å². The van der Waals surface area contributed by atoms with Gasteiger partial charge in [-0.05, 0) is 36.1 Å². The highest BCUT2D eigenvalue weighted by atomic mass is 32.1. The Morgan fingerprint density at radius 1 is 1.11 bits per heavy atom. The van der Waals surface area contributed by atoms with Crippen LogP contribution in [0.2, 0.25) is 0 Å². The van der Waals surface area contributed by atoms with Crippen LogP contribution in [0.15, 0.2) is 35.2 Å². The molecule has 1 saturated heterocycles. The van der Waals surface area contributed by atoms with Gasteiger partial charge in [-0.25, -0.2) is 4.79 Å². The maximum absolute atomic E-state index is 12.5. The lowest BCUT2D eigenvalue weighted by molar-refractivity contribution is 0.139. The molecule has 0 N–H and O–H groups in total. The molecule has 2 atom stereocenters. The van der Waals surface area contributed by atoms with Gasteiger partial charge in [-0.15, -0.1) is 12.6 Å². The third kappa shape index (κ3) is 3.03. The second-order valence-corrected chi connectivity index (χ2v) is 7.38. The zero-order valence-electron chi connectivity index (χ0n) is 16.1. The Morgan fingerprint density at radius 3 is 2.46 bits per heavy atom. The molecule has 0 bridgehead atoms. The van der Waals surface area contributed by atoms with Crippen LogP contribution in [-0.4, -0.2) is 45.0 Å². The van der Waals surface area contributed by atoms with Crippen LogP contribution >= 0.6 is 12.6 Å². The van der Waals surface area contributed by atoms with E-state index < -0.39 is 0 Å². The summed E-state index contributed by atoms with van der Waals surface area (Å²) in [5.74, 6) is 2.16. The van der Waals surface area contributed by atoms with E-state index in [9.17, 15) is 4.79 Å². The van der Waals surface area contributed by atoms with Crippen molar-refractivity contribution in [3.8, 4) is 17.2 Å². The molecule has 0 aliphatic carbocycles. The Kier molecular flexibility index (Phi) is 5.02. The molecule has 148 valence electrons. The van der Waals surface area contributed by atoms with Crippen molar-refractivity contribution < 1.29 is 23.7 Å². The summed E-state index contributed by atoms with van der Waals surface area (Å²) >= 11 is 4.72. The summed E-state index contributed by atoms with van der Waals surface area (Å²) in [4.78, 5) is 15.2. The Bertz CT molecular complexity index is 899. The minimum atomic E-state index is -0.284. The first-order valence-corrected chi connectivity index (χ1v) is 9.56. The maximum atomic E-state index is 12.5. The summed E-state index contributed by atoms with van der Waals surface area (Å²) in [5.41, 5.74) is 3.12. The molecular weight excluding hydrogens is 378 g/mol. The van der Waals surface area contributed by atoms with Crippen LogP contribution in [0.4, 0.5) is 4.79 Å². The van der Waals surface area contributed by atoms with Crippen LogP contribution < -0.4 is 14.2 Å². The number of rotatable bonds is 5. The normalized spacial score (nSPS) is 20.3. The smallest absolute Gasteiger partial charge is 0.410 e. The lowest BCUT2D eigenvalue weighted by atomic mass is 9.85. The van der Waals surface area contributed by atoms with Gasteiger partial charge in [0.05, 0.1) is 38.3 Å². The van der Waals surface area contributed by atoms with Crippen LogP contribution in [0.25, 0.3) is 0 Å². The molecule has 1 fully saturated rings. The van der Waals surface area contributed by atoms with E-state index in [1.54, 1.807) is 21.3 Å². The highest BCUT2D eigenvalue weighted by Crippen LogP contribution is 2.47. The standard InChI is InChI=1S/C21H23NO5S/c1-24-14-6-4-12(5-7-14)8-16-19-15(9-13-11-27-21(23)22(13)16)20(28)18(26-3)10-17(19)25-2/h4-7,10,13,16,28H,8-9,11H2,1-3H3/t13-,16-/m0/s1. The summed E-state index contributed by atoms with van der Waals surface area (Å²) < 4.78 is 21.8. The quantitative estimate of drug-likeness (QED) is 0.775. The first-order valence-electron chi connectivity index (χ1n) is 9.12. The molecule has 4 rings (SSSR count). The average molecular weight is 401 g/mol. The zero-order valence-corrected chi connectivity index (χ0v) is 17.0. The number of thiol groups is 1. The molecular formula is C21H23NO5S. The van der Waals surface area contributed by atoms with Gasteiger partial charge in [0.25, 0.3) is 0 Å². The summed E-state index contributed by atoms with van der Waals surface area (Å²) in [7, 11) is 4.89. The van der Waals surface area contributed by atoms with Crippen molar-refractivity contribution in [3.63, 3.8) is 0 Å². The van der Waals surface area contributed by atoms with Crippen LogP contribution in [-0.2, 0) is 17.6 Å². The monoisotopic (exact) mass is 401 g/mol. The van der Waals surface area contributed by atoms with Gasteiger partial charge in [0, 0.05) is 11.6 Å². The molecule has 2 aromatic carbocycles. The third-order valence-corrected chi connectivity index (χ3v) is 6.00. The Hall–Kier alpha value is -2.54. The molecule has 28 heavy (non-hydrogen) atoms. The molecule has 7 heteroatoms. The number of cyclic esters (lactones) is 1. The molecule has 6 nitrogen and oxygen atoms in total. The molecule has 0 aromatic heterocycles. The second-order valence-electron chi connectivity index (χ2n) is 6.93. The SMILES string of the molecule is COc1ccc(C[C@H]2c3c(OC)cc(OC)c(S)c3C[C@H]3COC(=O)N32)cc1. The predicted molar refractivity (Wildman–Crippen MR) is 107 cm³/mol. The number of fused-ring (bicyclic) bond motifs is 2. The number of carbonyl (C=O) groups is 1. The minimum Gasteiger partial charge on any atom is -0.497 e. The Morgan fingerprint density at radius 2 is 1.82 bits per heavy atom. The van der Waals surface area contributed by atoms with Gasteiger partial charge in [0.15, 0.2) is 0 Å². The minimum absolute atomic E-state index is 0.0223. The largest absolute Gasteiger partial charge is 0.497 e. The van der Waals surface area contributed by atoms with Gasteiger partial charge >= 0.3 is 6.09 Å². The average Bonchev–Trinajstić information content (AvgIpc) is 3.10. The molecule has 2 heterocycles. The Balaban J connectivity index is 1.82. The molecule has 2 aliphatic heterocycles. The zero-order chi connectivity index (χ0) is 19.8.